The standard InChI is InChI=1S/C19H22F2N8O/c1-30-17-9-22-5-13(27-17)18-12-3-11(2-10(12)4-25-18)29-19-14(6-26-29)23-8-16(28-19)24-7-15(20)21/h5-6,8-12,15,18,25H,2-4,7H2,1H3,(H,24,28)/t10-,11+,12+,18+/m1/s1. The van der Waals surface area contributed by atoms with E-state index in [4.69, 9.17) is 4.74 Å². The van der Waals surface area contributed by atoms with Crippen molar-refractivity contribution in [2.45, 2.75) is 31.4 Å². The predicted octanol–water partition coefficient (Wildman–Crippen LogP) is 2.21. The van der Waals surface area contributed by atoms with Gasteiger partial charge in [-0.15, -0.1) is 0 Å². The number of fused-ring (bicyclic) bond motifs is 2. The van der Waals surface area contributed by atoms with E-state index in [1.807, 2.05) is 4.68 Å². The van der Waals surface area contributed by atoms with Gasteiger partial charge in [0.05, 0.1) is 56.2 Å². The monoisotopic (exact) mass is 416 g/mol. The molecule has 3 aromatic rings. The minimum Gasteiger partial charge on any atom is -0.480 e. The molecule has 1 aliphatic carbocycles. The van der Waals surface area contributed by atoms with Crippen molar-refractivity contribution in [1.82, 2.24) is 35.0 Å². The highest BCUT2D eigenvalue weighted by Gasteiger charge is 2.45. The van der Waals surface area contributed by atoms with E-state index in [1.54, 1.807) is 25.7 Å². The van der Waals surface area contributed by atoms with E-state index in [0.717, 1.165) is 25.1 Å². The second kappa shape index (κ2) is 7.71. The number of alkyl halides is 2. The van der Waals surface area contributed by atoms with Gasteiger partial charge in [-0.25, -0.2) is 28.4 Å². The lowest BCUT2D eigenvalue weighted by Crippen LogP contribution is -2.21. The SMILES string of the molecule is COc1cncc([C@H]2NC[C@H]3C[C@H](n4ncc5ncc(NCC(F)F)nc54)C[C@@H]32)n1. The number of halogens is 2. The molecule has 4 heterocycles. The number of hydrogen-bond acceptors (Lipinski definition) is 8. The molecule has 2 N–H and O–H groups in total. The number of nitrogens with one attached hydrogen (secondary N) is 2. The Hall–Kier alpha value is -2.95. The average molecular weight is 416 g/mol. The molecule has 0 aromatic carbocycles. The zero-order valence-electron chi connectivity index (χ0n) is 16.4. The van der Waals surface area contributed by atoms with Crippen LogP contribution in [0.5, 0.6) is 5.88 Å². The number of methoxy groups -OCH3 is 1. The van der Waals surface area contributed by atoms with Crippen LogP contribution in [0.25, 0.3) is 11.2 Å². The molecule has 5 rings (SSSR count). The van der Waals surface area contributed by atoms with Gasteiger partial charge in [0.15, 0.2) is 5.65 Å². The number of aromatic nitrogens is 6. The van der Waals surface area contributed by atoms with Crippen LogP contribution in [0.3, 0.4) is 0 Å². The lowest BCUT2D eigenvalue weighted by atomic mass is 9.92. The zero-order valence-corrected chi connectivity index (χ0v) is 16.4. The topological polar surface area (TPSA) is 103 Å². The van der Waals surface area contributed by atoms with E-state index >= 15 is 0 Å². The lowest BCUT2D eigenvalue weighted by Gasteiger charge is -2.19. The molecule has 30 heavy (non-hydrogen) atoms. The molecule has 3 aromatic heterocycles. The third kappa shape index (κ3) is 3.42. The molecule has 0 unspecified atom stereocenters. The van der Waals surface area contributed by atoms with Crippen molar-refractivity contribution in [2.75, 3.05) is 25.5 Å². The zero-order chi connectivity index (χ0) is 20.7. The molecule has 11 heteroatoms. The highest BCUT2D eigenvalue weighted by atomic mass is 19.3. The van der Waals surface area contributed by atoms with Crippen LogP contribution in [-0.2, 0) is 0 Å². The summed E-state index contributed by atoms with van der Waals surface area (Å²) in [4.78, 5) is 17.6. The Bertz CT molecular complexity index is 1040. The molecule has 4 atom stereocenters. The van der Waals surface area contributed by atoms with Crippen LogP contribution in [-0.4, -0.2) is 56.3 Å². The van der Waals surface area contributed by atoms with Gasteiger partial charge in [-0.05, 0) is 31.2 Å². The van der Waals surface area contributed by atoms with E-state index < -0.39 is 13.0 Å². The van der Waals surface area contributed by atoms with Crippen LogP contribution < -0.4 is 15.4 Å². The van der Waals surface area contributed by atoms with Crippen molar-refractivity contribution in [3.8, 4) is 5.88 Å². The average Bonchev–Trinajstić information content (AvgIpc) is 3.45. The molecule has 2 aliphatic rings. The molecule has 0 radical (unpaired) electrons. The van der Waals surface area contributed by atoms with Gasteiger partial charge in [0.1, 0.15) is 11.3 Å². The van der Waals surface area contributed by atoms with Crippen molar-refractivity contribution < 1.29 is 13.5 Å². The summed E-state index contributed by atoms with van der Waals surface area (Å²) in [5, 5.41) is 10.7. The molecule has 1 aliphatic heterocycles. The maximum Gasteiger partial charge on any atom is 0.255 e. The lowest BCUT2D eigenvalue weighted by molar-refractivity contribution is 0.163. The normalized spacial score (nSPS) is 25.7. The third-order valence-corrected chi connectivity index (χ3v) is 6.00. The molecule has 1 saturated carbocycles. The van der Waals surface area contributed by atoms with E-state index in [1.165, 1.54) is 6.20 Å². The third-order valence-electron chi connectivity index (χ3n) is 6.00. The molecular weight excluding hydrogens is 394 g/mol. The first kappa shape index (κ1) is 19.0. The minimum atomic E-state index is -2.45. The Morgan fingerprint density at radius 1 is 1.23 bits per heavy atom. The Kier molecular flexibility index (Phi) is 4.89. The first-order chi connectivity index (χ1) is 14.6. The van der Waals surface area contributed by atoms with Gasteiger partial charge >= 0.3 is 0 Å². The summed E-state index contributed by atoms with van der Waals surface area (Å²) in [6, 6.07) is 0.277. The molecular formula is C19H22F2N8O. The molecule has 2 fully saturated rings. The summed E-state index contributed by atoms with van der Waals surface area (Å²) >= 11 is 0. The van der Waals surface area contributed by atoms with Crippen molar-refractivity contribution in [2.24, 2.45) is 11.8 Å². The van der Waals surface area contributed by atoms with Gasteiger partial charge < -0.3 is 15.4 Å². The molecule has 1 saturated heterocycles. The second-order valence-corrected chi connectivity index (χ2v) is 7.75. The van der Waals surface area contributed by atoms with Crippen LogP contribution in [0.15, 0.2) is 24.8 Å². The fourth-order valence-electron chi connectivity index (χ4n) is 4.69. The number of nitrogens with zero attached hydrogens (tertiary/aromatic N) is 6. The Morgan fingerprint density at radius 3 is 2.97 bits per heavy atom. The highest BCUT2D eigenvalue weighted by molar-refractivity contribution is 5.71. The summed E-state index contributed by atoms with van der Waals surface area (Å²) in [5.74, 6) is 1.71. The summed E-state index contributed by atoms with van der Waals surface area (Å²) < 4.78 is 32.1. The van der Waals surface area contributed by atoms with Gasteiger partial charge in [0.2, 0.25) is 5.88 Å². The van der Waals surface area contributed by atoms with Crippen LogP contribution in [0.4, 0.5) is 14.6 Å². The first-order valence-electron chi connectivity index (χ1n) is 9.94. The van der Waals surface area contributed by atoms with E-state index in [2.05, 4.69) is 35.7 Å². The fourth-order valence-corrected chi connectivity index (χ4v) is 4.69. The van der Waals surface area contributed by atoms with E-state index in [0.29, 0.717) is 34.7 Å². The fraction of sp³-hybridized carbons (Fsp3) is 0.526. The van der Waals surface area contributed by atoms with Gasteiger partial charge in [-0.1, -0.05) is 0 Å². The van der Waals surface area contributed by atoms with Crippen molar-refractivity contribution in [3.63, 3.8) is 0 Å². The number of anilines is 1. The van der Waals surface area contributed by atoms with Crippen molar-refractivity contribution in [1.29, 1.82) is 0 Å². The van der Waals surface area contributed by atoms with Crippen LogP contribution in [0.1, 0.15) is 30.6 Å². The summed E-state index contributed by atoms with van der Waals surface area (Å²) in [5.41, 5.74) is 2.15. The van der Waals surface area contributed by atoms with E-state index in [-0.39, 0.29) is 12.1 Å². The van der Waals surface area contributed by atoms with Crippen molar-refractivity contribution in [3.05, 3.63) is 30.5 Å². The smallest absolute Gasteiger partial charge is 0.255 e. The Morgan fingerprint density at radius 2 is 2.13 bits per heavy atom. The number of ether oxygens (including phenoxy) is 1. The maximum absolute atomic E-state index is 12.5. The van der Waals surface area contributed by atoms with E-state index in [9.17, 15) is 8.78 Å². The summed E-state index contributed by atoms with van der Waals surface area (Å²) in [6.07, 6.45) is 5.93. The molecule has 0 amide bonds. The second-order valence-electron chi connectivity index (χ2n) is 7.75. The predicted molar refractivity (Wildman–Crippen MR) is 104 cm³/mol. The number of rotatable bonds is 6. The van der Waals surface area contributed by atoms with Crippen molar-refractivity contribution >= 4 is 17.0 Å². The van der Waals surface area contributed by atoms with Crippen LogP contribution >= 0.6 is 0 Å². The van der Waals surface area contributed by atoms with Gasteiger partial charge in [-0.3, -0.25) is 4.98 Å². The molecule has 0 spiro atoms. The van der Waals surface area contributed by atoms with Gasteiger partial charge in [-0.2, -0.15) is 5.10 Å². The minimum absolute atomic E-state index is 0.110. The maximum atomic E-state index is 12.5. The largest absolute Gasteiger partial charge is 0.480 e. The first-order valence-corrected chi connectivity index (χ1v) is 9.94. The quantitative estimate of drug-likeness (QED) is 0.631. The Labute approximate surface area is 171 Å². The van der Waals surface area contributed by atoms with Crippen LogP contribution in [0, 0.1) is 11.8 Å². The van der Waals surface area contributed by atoms with Gasteiger partial charge in [0.25, 0.3) is 6.43 Å². The summed E-state index contributed by atoms with van der Waals surface area (Å²) in [7, 11) is 1.58. The van der Waals surface area contributed by atoms with Gasteiger partial charge in [0, 0.05) is 0 Å². The highest BCUT2D eigenvalue weighted by Crippen LogP contribution is 2.48. The molecule has 9 nitrogen and oxygen atoms in total. The Balaban J connectivity index is 1.37. The molecule has 158 valence electrons. The molecule has 0 bridgehead atoms. The van der Waals surface area contributed by atoms with Crippen LogP contribution in [0.2, 0.25) is 0 Å². The summed E-state index contributed by atoms with van der Waals surface area (Å²) in [6.45, 7) is 0.438. The number of hydrogen-bond donors (Lipinski definition) is 2.